The number of hydrogen-bond acceptors (Lipinski definition) is 10. The lowest BCUT2D eigenvalue weighted by atomic mass is 9.44. The number of aliphatic hydroxyl groups is 5. The van der Waals surface area contributed by atoms with Gasteiger partial charge in [0.15, 0.2) is 29.6 Å². The highest BCUT2D eigenvalue weighted by molar-refractivity contribution is 6.01. The van der Waals surface area contributed by atoms with Gasteiger partial charge in [0, 0.05) is 16.7 Å². The normalized spacial score (nSPS) is 51.9. The van der Waals surface area contributed by atoms with Gasteiger partial charge in [0.25, 0.3) is 0 Å². The second kappa shape index (κ2) is 9.48. The largest absolute Gasteiger partial charge is 0.479 e. The number of Topliss-reactive ketones (excluding diaryl/α,β-unsaturated/α-hetero) is 1. The number of alkyl halides is 1. The Kier molecular flexibility index (Phi) is 6.98. The van der Waals surface area contributed by atoms with Crippen LogP contribution in [0.15, 0.2) is 23.8 Å². The van der Waals surface area contributed by atoms with Gasteiger partial charge in [0.05, 0.1) is 6.10 Å². The quantitative estimate of drug-likeness (QED) is 0.258. The van der Waals surface area contributed by atoms with E-state index in [0.29, 0.717) is 18.4 Å². The molecule has 222 valence electrons. The number of carboxylic acid groups (broad SMARTS) is 1. The van der Waals surface area contributed by atoms with Crippen LogP contribution in [0.1, 0.15) is 46.5 Å². The van der Waals surface area contributed by atoms with Crippen LogP contribution in [0.4, 0.5) is 4.39 Å². The van der Waals surface area contributed by atoms with Gasteiger partial charge in [-0.25, -0.2) is 9.18 Å². The summed E-state index contributed by atoms with van der Waals surface area (Å²) in [5.74, 6) is -4.56. The Morgan fingerprint density at radius 3 is 2.45 bits per heavy atom. The molecule has 1 heterocycles. The zero-order chi connectivity index (χ0) is 29.6. The predicted molar refractivity (Wildman–Crippen MR) is 133 cm³/mol. The first kappa shape index (κ1) is 29.4. The molecule has 4 fully saturated rings. The van der Waals surface area contributed by atoms with Crippen molar-refractivity contribution in [3.05, 3.63) is 23.8 Å². The fourth-order valence-corrected chi connectivity index (χ4v) is 8.60. The third-order valence-corrected chi connectivity index (χ3v) is 10.8. The molecule has 11 nitrogen and oxygen atoms in total. The van der Waals surface area contributed by atoms with E-state index in [0.717, 1.165) is 0 Å². The van der Waals surface area contributed by atoms with Crippen molar-refractivity contribution >= 4 is 17.5 Å². The minimum absolute atomic E-state index is 0.233. The number of rotatable bonds is 5. The lowest BCUT2D eigenvalue weighted by Gasteiger charge is -2.62. The van der Waals surface area contributed by atoms with Crippen LogP contribution in [0.3, 0.4) is 0 Å². The van der Waals surface area contributed by atoms with E-state index in [9.17, 15) is 45.0 Å². The molecule has 5 aliphatic rings. The molecule has 0 bridgehead atoms. The number of aliphatic carboxylic acids is 1. The number of ketones is 2. The molecule has 0 aromatic carbocycles. The molecule has 5 rings (SSSR count). The highest BCUT2D eigenvalue weighted by Crippen LogP contribution is 2.70. The SMILES string of the molecule is C[C@@H]1C[C@H]2[C@@H]3CCC4=CC(=O)C=C[C@]4(C)[C@@]3(F)[C@@H](O)C[C@]2(C)[C@@]1(O)C(=O)COC1OC(C(=O)O)C(O)C(O)C1O. The molecule has 40 heavy (non-hydrogen) atoms. The maximum absolute atomic E-state index is 17.3. The second-order valence-electron chi connectivity index (χ2n) is 12.6. The summed E-state index contributed by atoms with van der Waals surface area (Å²) in [6.07, 6.45) is -5.93. The summed E-state index contributed by atoms with van der Waals surface area (Å²) in [6.45, 7) is 4.16. The molecule has 1 aliphatic heterocycles. The number of allylic oxidation sites excluding steroid dienone is 4. The van der Waals surface area contributed by atoms with Gasteiger partial charge >= 0.3 is 5.97 Å². The first-order valence-electron chi connectivity index (χ1n) is 13.6. The molecule has 13 atom stereocenters. The van der Waals surface area contributed by atoms with E-state index in [4.69, 9.17) is 9.47 Å². The van der Waals surface area contributed by atoms with E-state index in [1.54, 1.807) is 20.8 Å². The minimum Gasteiger partial charge on any atom is -0.479 e. The van der Waals surface area contributed by atoms with Gasteiger partial charge in [-0.3, -0.25) is 9.59 Å². The molecule has 3 saturated carbocycles. The van der Waals surface area contributed by atoms with Crippen molar-refractivity contribution in [1.29, 1.82) is 0 Å². The van der Waals surface area contributed by atoms with Crippen molar-refractivity contribution in [2.45, 2.75) is 94.5 Å². The molecule has 4 aliphatic carbocycles. The maximum Gasteiger partial charge on any atom is 0.335 e. The Hall–Kier alpha value is -2.06. The lowest BCUT2D eigenvalue weighted by Crippen LogP contribution is -2.69. The number of halogens is 1. The van der Waals surface area contributed by atoms with Crippen LogP contribution in [0.5, 0.6) is 0 Å². The number of ether oxygens (including phenoxy) is 2. The Labute approximate surface area is 230 Å². The fraction of sp³-hybridized carbons (Fsp3) is 0.750. The highest BCUT2D eigenvalue weighted by Gasteiger charge is 2.75. The van der Waals surface area contributed by atoms with Crippen LogP contribution in [0.2, 0.25) is 0 Å². The van der Waals surface area contributed by atoms with Crippen molar-refractivity contribution in [3.8, 4) is 0 Å². The molecule has 0 amide bonds. The molecular weight excluding hydrogens is 531 g/mol. The first-order chi connectivity index (χ1) is 18.5. The minimum atomic E-state index is -2.13. The van der Waals surface area contributed by atoms with Crippen molar-refractivity contribution in [3.63, 3.8) is 0 Å². The van der Waals surface area contributed by atoms with Gasteiger partial charge in [-0.1, -0.05) is 25.5 Å². The predicted octanol–water partition coefficient (Wildman–Crippen LogP) is -0.188. The third kappa shape index (κ3) is 3.70. The molecule has 5 unspecified atom stereocenters. The van der Waals surface area contributed by atoms with Crippen molar-refractivity contribution in [2.75, 3.05) is 6.61 Å². The molecular formula is C28H37FO11. The highest BCUT2D eigenvalue weighted by atomic mass is 19.1. The van der Waals surface area contributed by atoms with Gasteiger partial charge in [0.2, 0.25) is 0 Å². The summed E-state index contributed by atoms with van der Waals surface area (Å²) in [5, 5.41) is 62.8. The molecule has 1 saturated heterocycles. The average Bonchev–Trinajstić information content (AvgIpc) is 3.09. The Balaban J connectivity index is 1.40. The van der Waals surface area contributed by atoms with Crippen LogP contribution < -0.4 is 0 Å². The van der Waals surface area contributed by atoms with Crippen LogP contribution in [0.25, 0.3) is 0 Å². The van der Waals surface area contributed by atoms with Gasteiger partial charge in [0.1, 0.15) is 30.5 Å². The molecule has 0 aromatic rings. The van der Waals surface area contributed by atoms with Gasteiger partial charge in [-0.05, 0) is 56.6 Å². The fourth-order valence-electron chi connectivity index (χ4n) is 8.60. The Bertz CT molecular complexity index is 1170. The summed E-state index contributed by atoms with van der Waals surface area (Å²) < 4.78 is 27.7. The number of carboxylic acids is 1. The van der Waals surface area contributed by atoms with E-state index < -0.39 is 95.0 Å². The summed E-state index contributed by atoms with van der Waals surface area (Å²) in [4.78, 5) is 37.0. The summed E-state index contributed by atoms with van der Waals surface area (Å²) in [5.41, 5.74) is -6.07. The van der Waals surface area contributed by atoms with E-state index in [1.165, 1.54) is 18.2 Å². The number of carbonyl (C=O) groups is 3. The first-order valence-corrected chi connectivity index (χ1v) is 13.6. The number of aliphatic hydroxyl groups excluding tert-OH is 4. The van der Waals surface area contributed by atoms with Gasteiger partial charge in [-0.2, -0.15) is 0 Å². The molecule has 0 aromatic heterocycles. The second-order valence-corrected chi connectivity index (χ2v) is 12.6. The Morgan fingerprint density at radius 1 is 1.12 bits per heavy atom. The average molecular weight is 569 g/mol. The molecule has 0 radical (unpaired) electrons. The molecule has 6 N–H and O–H groups in total. The topological polar surface area (TPSA) is 191 Å². The zero-order valence-corrected chi connectivity index (χ0v) is 22.6. The molecule has 12 heteroatoms. The van der Waals surface area contributed by atoms with Crippen molar-refractivity contribution < 1.29 is 58.9 Å². The van der Waals surface area contributed by atoms with Crippen molar-refractivity contribution in [1.82, 2.24) is 0 Å². The summed E-state index contributed by atoms with van der Waals surface area (Å²) in [6, 6.07) is 0. The van der Waals surface area contributed by atoms with Crippen LogP contribution >= 0.6 is 0 Å². The monoisotopic (exact) mass is 568 g/mol. The summed E-state index contributed by atoms with van der Waals surface area (Å²) >= 11 is 0. The van der Waals surface area contributed by atoms with Crippen molar-refractivity contribution in [2.24, 2.45) is 28.6 Å². The van der Waals surface area contributed by atoms with Crippen LogP contribution in [-0.4, -0.2) is 103 Å². The number of carbonyl (C=O) groups excluding carboxylic acids is 2. The third-order valence-electron chi connectivity index (χ3n) is 10.8. The van der Waals surface area contributed by atoms with E-state index in [-0.39, 0.29) is 18.6 Å². The number of fused-ring (bicyclic) bond motifs is 5. The lowest BCUT2D eigenvalue weighted by molar-refractivity contribution is -0.293. The van der Waals surface area contributed by atoms with E-state index in [2.05, 4.69) is 0 Å². The Morgan fingerprint density at radius 2 is 1.80 bits per heavy atom. The van der Waals surface area contributed by atoms with Crippen LogP contribution in [-0.2, 0) is 23.9 Å². The van der Waals surface area contributed by atoms with Gasteiger partial charge < -0.3 is 40.1 Å². The van der Waals surface area contributed by atoms with Gasteiger partial charge in [-0.15, -0.1) is 0 Å². The zero-order valence-electron chi connectivity index (χ0n) is 22.6. The summed E-state index contributed by atoms with van der Waals surface area (Å²) in [7, 11) is 0. The van der Waals surface area contributed by atoms with E-state index >= 15 is 4.39 Å². The number of hydrogen-bond donors (Lipinski definition) is 6. The van der Waals surface area contributed by atoms with Crippen LogP contribution in [0, 0.1) is 28.6 Å². The smallest absolute Gasteiger partial charge is 0.335 e. The molecule has 0 spiro atoms. The maximum atomic E-state index is 17.3. The standard InChI is InChI=1S/C28H37FO11/c1-12-8-16-15-5-4-13-9-14(30)6-7-25(13,2)27(15,29)17(31)10-26(16,3)28(12,38)18(32)11-39-24-21(35)19(33)20(34)22(40-24)23(36)37/h6-7,9,12,15-17,19-22,24,31,33-35,38H,4-5,8,10-11H2,1-3H3,(H,36,37)/t12-,15+,16+,17+,19?,20?,21?,22?,24?,25+,26+,27+,28+/m1/s1. The van der Waals surface area contributed by atoms with E-state index in [1.807, 2.05) is 0 Å².